The number of rotatable bonds is 3. The first-order chi connectivity index (χ1) is 8.97. The van der Waals surface area contributed by atoms with E-state index in [2.05, 4.69) is 0 Å². The van der Waals surface area contributed by atoms with Crippen molar-refractivity contribution in [2.75, 3.05) is 6.54 Å². The molecule has 0 aromatic carbocycles. The molecular formula is C12H17F4NO3. The van der Waals surface area contributed by atoms with Crippen LogP contribution in [-0.2, 0) is 14.3 Å². The lowest BCUT2D eigenvalue weighted by molar-refractivity contribution is -0.185. The second kappa shape index (κ2) is 5.57. The molecule has 1 aliphatic rings. The molecule has 0 saturated carbocycles. The number of hydrogen-bond acceptors (Lipinski definition) is 3. The van der Waals surface area contributed by atoms with Crippen LogP contribution in [0.15, 0.2) is 0 Å². The van der Waals surface area contributed by atoms with E-state index in [0.717, 1.165) is 0 Å². The number of ether oxygens (including phenoxy) is 1. The molecule has 1 rings (SSSR count). The van der Waals surface area contributed by atoms with E-state index >= 15 is 0 Å². The lowest BCUT2D eigenvalue weighted by Gasteiger charge is -2.29. The summed E-state index contributed by atoms with van der Waals surface area (Å²) < 4.78 is 55.6. The summed E-state index contributed by atoms with van der Waals surface area (Å²) in [4.78, 5) is 23.8. The average Bonchev–Trinajstić information content (AvgIpc) is 2.73. The molecule has 0 N–H and O–H groups in total. The van der Waals surface area contributed by atoms with E-state index in [1.165, 1.54) is 0 Å². The lowest BCUT2D eigenvalue weighted by Crippen LogP contribution is -2.52. The Hall–Kier alpha value is -1.34. The smallest absolute Gasteiger partial charge is 0.383 e. The van der Waals surface area contributed by atoms with Gasteiger partial charge in [-0.25, -0.2) is 13.6 Å². The Morgan fingerprint density at radius 2 is 1.80 bits per heavy atom. The van der Waals surface area contributed by atoms with Crippen molar-refractivity contribution >= 4 is 11.9 Å². The van der Waals surface area contributed by atoms with Gasteiger partial charge in [0, 0.05) is 6.54 Å². The Morgan fingerprint density at radius 3 is 2.25 bits per heavy atom. The van der Waals surface area contributed by atoms with Crippen LogP contribution in [0.1, 0.15) is 33.6 Å². The Kier molecular flexibility index (Phi) is 4.66. The van der Waals surface area contributed by atoms with Crippen LogP contribution < -0.4 is 0 Å². The molecule has 8 heteroatoms. The number of alkyl halides is 4. The summed E-state index contributed by atoms with van der Waals surface area (Å²) in [6.45, 7) is 4.59. The minimum Gasteiger partial charge on any atom is -0.458 e. The molecule has 1 atom stereocenters. The average molecular weight is 299 g/mol. The zero-order valence-electron chi connectivity index (χ0n) is 11.5. The van der Waals surface area contributed by atoms with Crippen molar-refractivity contribution in [3.05, 3.63) is 0 Å². The highest BCUT2D eigenvalue weighted by Crippen LogP contribution is 2.30. The summed E-state index contributed by atoms with van der Waals surface area (Å²) in [7, 11) is 0. The third-order valence-electron chi connectivity index (χ3n) is 2.75. The van der Waals surface area contributed by atoms with E-state index in [-0.39, 0.29) is 19.4 Å². The highest BCUT2D eigenvalue weighted by Gasteiger charge is 2.54. The van der Waals surface area contributed by atoms with Crippen molar-refractivity contribution in [2.45, 2.75) is 57.6 Å². The third-order valence-corrected chi connectivity index (χ3v) is 2.75. The molecule has 0 radical (unpaired) electrons. The Labute approximate surface area is 114 Å². The van der Waals surface area contributed by atoms with Gasteiger partial charge < -0.3 is 9.64 Å². The zero-order valence-corrected chi connectivity index (χ0v) is 11.5. The Balaban J connectivity index is 2.85. The van der Waals surface area contributed by atoms with Gasteiger partial charge in [0.25, 0.3) is 5.91 Å². The summed E-state index contributed by atoms with van der Waals surface area (Å²) in [5.41, 5.74) is -0.848. The molecule has 20 heavy (non-hydrogen) atoms. The zero-order chi connectivity index (χ0) is 15.7. The maximum absolute atomic E-state index is 13.1. The summed E-state index contributed by atoms with van der Waals surface area (Å²) >= 11 is 0. The number of esters is 1. The summed E-state index contributed by atoms with van der Waals surface area (Å²) in [6, 6.07) is -1.23. The van der Waals surface area contributed by atoms with Gasteiger partial charge in [-0.1, -0.05) is 0 Å². The van der Waals surface area contributed by atoms with Crippen LogP contribution in [-0.4, -0.2) is 47.3 Å². The van der Waals surface area contributed by atoms with Gasteiger partial charge in [0.1, 0.15) is 11.6 Å². The molecule has 1 saturated heterocycles. The van der Waals surface area contributed by atoms with Gasteiger partial charge in [-0.2, -0.15) is 8.78 Å². The number of carbonyl (C=O) groups is 2. The quantitative estimate of drug-likeness (QED) is 0.593. The summed E-state index contributed by atoms with van der Waals surface area (Å²) in [5, 5.41) is 0. The van der Waals surface area contributed by atoms with Crippen LogP contribution in [0.5, 0.6) is 0 Å². The molecular weight excluding hydrogens is 282 g/mol. The highest BCUT2D eigenvalue weighted by molar-refractivity contribution is 5.89. The number of hydrogen-bond donors (Lipinski definition) is 0. The summed E-state index contributed by atoms with van der Waals surface area (Å²) in [6.07, 6.45) is -3.69. The van der Waals surface area contributed by atoms with Gasteiger partial charge in [-0.3, -0.25) is 4.79 Å². The van der Waals surface area contributed by atoms with Crippen molar-refractivity contribution < 1.29 is 31.9 Å². The van der Waals surface area contributed by atoms with E-state index < -0.39 is 35.9 Å². The highest BCUT2D eigenvalue weighted by atomic mass is 19.3. The second-order valence-electron chi connectivity index (χ2n) is 5.61. The van der Waals surface area contributed by atoms with Crippen molar-refractivity contribution in [1.82, 2.24) is 4.90 Å². The SMILES string of the molecule is CC(C)(C)OC(=O)[C@H]1CCCN1C(=O)C(F)(F)C(F)F. The van der Waals surface area contributed by atoms with Crippen LogP contribution in [0.2, 0.25) is 0 Å². The maximum atomic E-state index is 13.1. The molecule has 4 nitrogen and oxygen atoms in total. The molecule has 0 aromatic rings. The predicted molar refractivity (Wildman–Crippen MR) is 61.5 cm³/mol. The summed E-state index contributed by atoms with van der Waals surface area (Å²) in [5.74, 6) is -7.67. The van der Waals surface area contributed by atoms with Crippen LogP contribution >= 0.6 is 0 Å². The first kappa shape index (κ1) is 16.7. The van der Waals surface area contributed by atoms with Gasteiger partial charge in [0.05, 0.1) is 0 Å². The predicted octanol–water partition coefficient (Wildman–Crippen LogP) is 2.22. The maximum Gasteiger partial charge on any atom is 0.383 e. The van der Waals surface area contributed by atoms with Gasteiger partial charge in [-0.15, -0.1) is 0 Å². The molecule has 1 heterocycles. The Morgan fingerprint density at radius 1 is 1.25 bits per heavy atom. The van der Waals surface area contributed by atoms with E-state index in [0.29, 0.717) is 4.90 Å². The fourth-order valence-electron chi connectivity index (χ4n) is 1.91. The number of likely N-dealkylation sites (tertiary alicyclic amines) is 1. The van der Waals surface area contributed by atoms with Crippen molar-refractivity contribution in [2.24, 2.45) is 0 Å². The van der Waals surface area contributed by atoms with Gasteiger partial charge in [0.15, 0.2) is 0 Å². The van der Waals surface area contributed by atoms with Crippen LogP contribution in [0, 0.1) is 0 Å². The minimum absolute atomic E-state index is 0.125. The monoisotopic (exact) mass is 299 g/mol. The molecule has 0 unspecified atom stereocenters. The standard InChI is InChI=1S/C12H17F4NO3/c1-11(2,3)20-8(18)7-5-4-6-17(7)10(19)12(15,16)9(13)14/h7,9H,4-6H2,1-3H3/t7-/m1/s1. The topological polar surface area (TPSA) is 46.6 Å². The van der Waals surface area contributed by atoms with Gasteiger partial charge >= 0.3 is 18.3 Å². The van der Waals surface area contributed by atoms with E-state index in [1.807, 2.05) is 0 Å². The number of carbonyl (C=O) groups excluding carboxylic acids is 2. The first-order valence-electron chi connectivity index (χ1n) is 6.16. The molecule has 0 aromatic heterocycles. The van der Waals surface area contributed by atoms with Crippen LogP contribution in [0.3, 0.4) is 0 Å². The van der Waals surface area contributed by atoms with Crippen molar-refractivity contribution in [3.63, 3.8) is 0 Å². The van der Waals surface area contributed by atoms with Crippen LogP contribution in [0.4, 0.5) is 17.6 Å². The normalized spacial score (nSPS) is 20.4. The second-order valence-corrected chi connectivity index (χ2v) is 5.61. The molecule has 0 bridgehead atoms. The number of halogens is 4. The minimum atomic E-state index is -4.79. The molecule has 0 spiro atoms. The van der Waals surface area contributed by atoms with Crippen molar-refractivity contribution in [1.29, 1.82) is 0 Å². The van der Waals surface area contributed by atoms with Crippen LogP contribution in [0.25, 0.3) is 0 Å². The molecule has 1 fully saturated rings. The molecule has 116 valence electrons. The van der Waals surface area contributed by atoms with Gasteiger partial charge in [-0.05, 0) is 33.6 Å². The fourth-order valence-corrected chi connectivity index (χ4v) is 1.91. The fraction of sp³-hybridized carbons (Fsp3) is 0.833. The Bertz CT molecular complexity index is 393. The van der Waals surface area contributed by atoms with E-state index in [9.17, 15) is 27.2 Å². The van der Waals surface area contributed by atoms with E-state index in [4.69, 9.17) is 4.74 Å². The number of nitrogens with zero attached hydrogens (tertiary/aromatic N) is 1. The van der Waals surface area contributed by atoms with E-state index in [1.54, 1.807) is 20.8 Å². The van der Waals surface area contributed by atoms with Gasteiger partial charge in [0.2, 0.25) is 0 Å². The third kappa shape index (κ3) is 3.61. The largest absolute Gasteiger partial charge is 0.458 e. The molecule has 0 aliphatic carbocycles. The number of amides is 1. The molecule has 1 aliphatic heterocycles. The van der Waals surface area contributed by atoms with Crippen molar-refractivity contribution in [3.8, 4) is 0 Å². The molecule has 1 amide bonds. The lowest BCUT2D eigenvalue weighted by atomic mass is 10.1. The first-order valence-corrected chi connectivity index (χ1v) is 6.16.